The van der Waals surface area contributed by atoms with E-state index in [0.717, 1.165) is 12.6 Å². The van der Waals surface area contributed by atoms with Crippen LogP contribution < -0.4 is 5.73 Å². The van der Waals surface area contributed by atoms with Crippen molar-refractivity contribution in [3.8, 4) is 0 Å². The van der Waals surface area contributed by atoms with Crippen LogP contribution >= 0.6 is 0 Å². The van der Waals surface area contributed by atoms with Crippen molar-refractivity contribution in [2.45, 2.75) is 50.4 Å². The van der Waals surface area contributed by atoms with Gasteiger partial charge in [-0.05, 0) is 38.8 Å². The lowest BCUT2D eigenvalue weighted by Gasteiger charge is -2.36. The van der Waals surface area contributed by atoms with E-state index in [1.807, 2.05) is 0 Å². The number of rotatable bonds is 3. The van der Waals surface area contributed by atoms with E-state index in [0.29, 0.717) is 12.1 Å². The second kappa shape index (κ2) is 5.84. The lowest BCUT2D eigenvalue weighted by Crippen LogP contribution is -2.44. The average Bonchev–Trinajstić information content (AvgIpc) is 2.67. The fourth-order valence-electron chi connectivity index (χ4n) is 4.08. The van der Waals surface area contributed by atoms with Crippen LogP contribution in [-0.4, -0.2) is 48.1 Å². The molecule has 1 aromatic rings. The highest BCUT2D eigenvalue weighted by molar-refractivity contribution is 5.21. The zero-order valence-corrected chi connectivity index (χ0v) is 12.7. The number of nitrogens with two attached hydrogens (primary N) is 1. The van der Waals surface area contributed by atoms with Gasteiger partial charge in [0.05, 0.1) is 0 Å². The van der Waals surface area contributed by atoms with Gasteiger partial charge in [0.25, 0.3) is 0 Å². The largest absolute Gasteiger partial charge is 0.326 e. The van der Waals surface area contributed by atoms with Gasteiger partial charge in [-0.25, -0.2) is 0 Å². The van der Waals surface area contributed by atoms with E-state index in [4.69, 9.17) is 5.73 Å². The molecule has 2 bridgehead atoms. The minimum absolute atomic E-state index is 0.166. The van der Waals surface area contributed by atoms with Crippen LogP contribution in [0.4, 0.5) is 0 Å². The summed E-state index contributed by atoms with van der Waals surface area (Å²) in [5.41, 5.74) is 7.69. The Hall–Kier alpha value is -0.900. The third kappa shape index (κ3) is 2.62. The molecule has 3 heteroatoms. The van der Waals surface area contributed by atoms with E-state index >= 15 is 0 Å². The summed E-state index contributed by atoms with van der Waals surface area (Å²) in [6, 6.07) is 12.8. The average molecular weight is 273 g/mol. The van der Waals surface area contributed by atoms with Gasteiger partial charge in [0.1, 0.15) is 0 Å². The Morgan fingerprint density at radius 3 is 2.50 bits per heavy atom. The van der Waals surface area contributed by atoms with Crippen molar-refractivity contribution in [3.63, 3.8) is 0 Å². The Balaban J connectivity index is 1.82. The molecule has 0 saturated carbocycles. The number of fused-ring (bicyclic) bond motifs is 2. The molecule has 110 valence electrons. The summed E-state index contributed by atoms with van der Waals surface area (Å²) in [7, 11) is 2.30. The van der Waals surface area contributed by atoms with E-state index in [2.05, 4.69) is 54.1 Å². The molecule has 0 aromatic heterocycles. The van der Waals surface area contributed by atoms with Gasteiger partial charge in [0, 0.05) is 37.3 Å². The number of likely N-dealkylation sites (tertiary alicyclic amines) is 1. The third-order valence-corrected chi connectivity index (χ3v) is 5.21. The van der Waals surface area contributed by atoms with Gasteiger partial charge in [-0.15, -0.1) is 0 Å². The van der Waals surface area contributed by atoms with E-state index in [1.165, 1.54) is 31.4 Å². The van der Waals surface area contributed by atoms with Crippen molar-refractivity contribution >= 4 is 0 Å². The van der Waals surface area contributed by atoms with Crippen LogP contribution in [0.15, 0.2) is 30.3 Å². The molecule has 2 heterocycles. The Morgan fingerprint density at radius 1 is 1.10 bits per heavy atom. The normalized spacial score (nSPS) is 30.9. The molecule has 0 spiro atoms. The number of nitrogens with zero attached hydrogens (tertiary/aromatic N) is 2. The first kappa shape index (κ1) is 14.1. The molecule has 0 radical (unpaired) electrons. The summed E-state index contributed by atoms with van der Waals surface area (Å²) in [6.07, 6.45) is 4.00. The van der Waals surface area contributed by atoms with Crippen molar-refractivity contribution in [1.29, 1.82) is 0 Å². The van der Waals surface area contributed by atoms with Gasteiger partial charge in [-0.3, -0.25) is 9.80 Å². The highest BCUT2D eigenvalue weighted by Gasteiger charge is 2.37. The maximum Gasteiger partial charge on any atom is 0.0497 e. The molecule has 0 amide bonds. The fraction of sp³-hybridized carbons (Fsp3) is 0.647. The molecular formula is C17H27N3. The highest BCUT2D eigenvalue weighted by atomic mass is 15.3. The Labute approximate surface area is 122 Å². The van der Waals surface area contributed by atoms with Crippen LogP contribution in [-0.2, 0) is 0 Å². The molecule has 3 nitrogen and oxygen atoms in total. The first-order chi connectivity index (χ1) is 9.66. The topological polar surface area (TPSA) is 32.5 Å². The maximum absolute atomic E-state index is 6.33. The Kier molecular flexibility index (Phi) is 4.11. The third-order valence-electron chi connectivity index (χ3n) is 5.21. The minimum atomic E-state index is 0.166. The molecule has 2 aliphatic heterocycles. The van der Waals surface area contributed by atoms with Gasteiger partial charge in [0.2, 0.25) is 0 Å². The molecule has 2 N–H and O–H groups in total. The summed E-state index contributed by atoms with van der Waals surface area (Å²) < 4.78 is 0. The van der Waals surface area contributed by atoms with Gasteiger partial charge < -0.3 is 5.73 Å². The van der Waals surface area contributed by atoms with E-state index in [1.54, 1.807) is 0 Å². The van der Waals surface area contributed by atoms with Crippen LogP contribution in [0.3, 0.4) is 0 Å². The van der Waals surface area contributed by atoms with Crippen LogP contribution in [0.1, 0.15) is 37.8 Å². The molecule has 2 aliphatic rings. The monoisotopic (exact) mass is 273 g/mol. The molecule has 4 unspecified atom stereocenters. The predicted molar refractivity (Wildman–Crippen MR) is 83.6 cm³/mol. The summed E-state index contributed by atoms with van der Waals surface area (Å²) in [5, 5.41) is 0. The standard InChI is InChI=1S/C17H27N3/c1-13(18)17(14-6-4-3-5-7-14)20-11-10-15-8-9-16(12-20)19(15)2/h3-7,13,15-17H,8-12,18H2,1-2H3. The number of likely N-dealkylation sites (N-methyl/N-ethyl adjacent to an activating group) is 1. The quantitative estimate of drug-likeness (QED) is 0.917. The smallest absolute Gasteiger partial charge is 0.0497 e. The number of hydrogen-bond acceptors (Lipinski definition) is 3. The maximum atomic E-state index is 6.33. The van der Waals surface area contributed by atoms with Crippen molar-refractivity contribution in [3.05, 3.63) is 35.9 Å². The first-order valence-corrected chi connectivity index (χ1v) is 7.93. The first-order valence-electron chi connectivity index (χ1n) is 7.93. The van der Waals surface area contributed by atoms with Crippen LogP contribution in [0, 0.1) is 0 Å². The minimum Gasteiger partial charge on any atom is -0.326 e. The lowest BCUT2D eigenvalue weighted by molar-refractivity contribution is 0.155. The molecule has 2 saturated heterocycles. The van der Waals surface area contributed by atoms with Crippen LogP contribution in [0.2, 0.25) is 0 Å². The zero-order chi connectivity index (χ0) is 14.1. The SMILES string of the molecule is CC(N)C(c1ccccc1)N1CCC2CCC(C1)N2C. The van der Waals surface area contributed by atoms with Gasteiger partial charge in [0.15, 0.2) is 0 Å². The van der Waals surface area contributed by atoms with Crippen LogP contribution in [0.5, 0.6) is 0 Å². The lowest BCUT2D eigenvalue weighted by atomic mass is 9.97. The zero-order valence-electron chi connectivity index (χ0n) is 12.7. The fourth-order valence-corrected chi connectivity index (χ4v) is 4.08. The second-order valence-corrected chi connectivity index (χ2v) is 6.55. The highest BCUT2D eigenvalue weighted by Crippen LogP contribution is 2.33. The molecule has 4 atom stereocenters. The van der Waals surface area contributed by atoms with Crippen molar-refractivity contribution in [2.75, 3.05) is 20.1 Å². The molecule has 20 heavy (non-hydrogen) atoms. The van der Waals surface area contributed by atoms with Crippen molar-refractivity contribution in [2.24, 2.45) is 5.73 Å². The Bertz CT molecular complexity index is 431. The molecule has 0 aliphatic carbocycles. The molecule has 1 aromatic carbocycles. The number of hydrogen-bond donors (Lipinski definition) is 1. The molecule has 2 fully saturated rings. The summed E-state index contributed by atoms with van der Waals surface area (Å²) >= 11 is 0. The van der Waals surface area contributed by atoms with Gasteiger partial charge in [-0.1, -0.05) is 30.3 Å². The summed E-state index contributed by atoms with van der Waals surface area (Å²) in [4.78, 5) is 5.23. The summed E-state index contributed by atoms with van der Waals surface area (Å²) in [6.45, 7) is 4.48. The summed E-state index contributed by atoms with van der Waals surface area (Å²) in [5.74, 6) is 0. The van der Waals surface area contributed by atoms with E-state index in [9.17, 15) is 0 Å². The molecular weight excluding hydrogens is 246 g/mol. The molecule has 3 rings (SSSR count). The second-order valence-electron chi connectivity index (χ2n) is 6.55. The Morgan fingerprint density at radius 2 is 1.80 bits per heavy atom. The van der Waals surface area contributed by atoms with Gasteiger partial charge >= 0.3 is 0 Å². The van der Waals surface area contributed by atoms with Crippen molar-refractivity contribution < 1.29 is 0 Å². The van der Waals surface area contributed by atoms with E-state index in [-0.39, 0.29) is 6.04 Å². The predicted octanol–water partition coefficient (Wildman–Crippen LogP) is 2.24. The number of benzene rings is 1. The van der Waals surface area contributed by atoms with Crippen molar-refractivity contribution in [1.82, 2.24) is 9.80 Å². The van der Waals surface area contributed by atoms with Gasteiger partial charge in [-0.2, -0.15) is 0 Å². The van der Waals surface area contributed by atoms with Crippen LogP contribution in [0.25, 0.3) is 0 Å². The van der Waals surface area contributed by atoms with E-state index < -0.39 is 0 Å².